The molecule has 9 heteroatoms. The van der Waals surface area contributed by atoms with Crippen molar-refractivity contribution in [2.24, 2.45) is 7.05 Å². The van der Waals surface area contributed by atoms with Gasteiger partial charge in [-0.05, 0) is 99.9 Å². The zero-order chi connectivity index (χ0) is 29.1. The Morgan fingerprint density at radius 1 is 1.07 bits per heavy atom. The number of carbonyl (C=O) groups excluding carboxylic acids is 2. The summed E-state index contributed by atoms with van der Waals surface area (Å²) >= 11 is 0. The molecule has 2 aliphatic rings. The smallest absolute Gasteiger partial charge is 0.410 e. The van der Waals surface area contributed by atoms with Gasteiger partial charge in [0.25, 0.3) is 5.91 Å². The Kier molecular flexibility index (Phi) is 6.63. The van der Waals surface area contributed by atoms with Crippen LogP contribution in [0, 0.1) is 13.8 Å². The second kappa shape index (κ2) is 10.0. The fourth-order valence-corrected chi connectivity index (χ4v) is 6.23. The van der Waals surface area contributed by atoms with E-state index in [4.69, 9.17) is 4.74 Å². The van der Waals surface area contributed by atoms with Crippen molar-refractivity contribution < 1.29 is 14.3 Å². The molecule has 0 saturated carbocycles. The van der Waals surface area contributed by atoms with Crippen molar-refractivity contribution in [2.75, 3.05) is 13.1 Å². The van der Waals surface area contributed by atoms with Crippen molar-refractivity contribution in [3.8, 4) is 11.1 Å². The molecular weight excluding hydrogens is 516 g/mol. The fourth-order valence-electron chi connectivity index (χ4n) is 6.23. The number of nitrogens with one attached hydrogen (secondary N) is 1. The molecular formula is C32H38N6O3. The van der Waals surface area contributed by atoms with Crippen LogP contribution in [-0.4, -0.2) is 60.2 Å². The molecule has 1 fully saturated rings. The van der Waals surface area contributed by atoms with Gasteiger partial charge in [0.2, 0.25) is 0 Å². The van der Waals surface area contributed by atoms with E-state index in [1.54, 1.807) is 4.68 Å². The van der Waals surface area contributed by atoms with E-state index in [1.165, 1.54) is 5.56 Å². The second-order valence-electron chi connectivity index (χ2n) is 12.4. The number of aromatic nitrogens is 4. The summed E-state index contributed by atoms with van der Waals surface area (Å²) in [6.07, 6.45) is 6.07. The number of nitrogens with zero attached hydrogens (tertiary/aromatic N) is 5. The van der Waals surface area contributed by atoms with Gasteiger partial charge in [0.15, 0.2) is 0 Å². The third kappa shape index (κ3) is 5.09. The number of ether oxygens (including phenoxy) is 1. The number of likely N-dealkylation sites (tertiary alicyclic amines) is 1. The van der Waals surface area contributed by atoms with Crippen molar-refractivity contribution >= 4 is 23.0 Å². The molecule has 0 aliphatic carbocycles. The van der Waals surface area contributed by atoms with Gasteiger partial charge in [-0.3, -0.25) is 9.48 Å². The van der Waals surface area contributed by atoms with Crippen LogP contribution >= 0.6 is 0 Å². The van der Waals surface area contributed by atoms with E-state index in [2.05, 4.69) is 40.2 Å². The summed E-state index contributed by atoms with van der Waals surface area (Å²) in [5.74, 6) is -0.0261. The number of rotatable bonds is 3. The lowest BCUT2D eigenvalue weighted by atomic mass is 9.86. The average molecular weight is 555 g/mol. The molecule has 3 aromatic heterocycles. The van der Waals surface area contributed by atoms with Gasteiger partial charge < -0.3 is 19.5 Å². The van der Waals surface area contributed by atoms with Crippen molar-refractivity contribution in [1.82, 2.24) is 29.5 Å². The van der Waals surface area contributed by atoms with Crippen LogP contribution in [0.3, 0.4) is 0 Å². The minimum absolute atomic E-state index is 0.0261. The average Bonchev–Trinajstić information content (AvgIpc) is 3.64. The standard InChI is InChI=1S/C32H38N6O3/c1-19-16-33-29-24(19)15-23(17-34-29)22-13-21-9-11-37(30(39)28-12-20(2)35-36(28)6)18-26(21)25(14-22)27-8-7-10-38(27)31(40)41-32(3,4)5/h12-17,27H,7-11,18H2,1-6H3,(H,33,34). The number of fused-ring (bicyclic) bond motifs is 2. The third-order valence-electron chi connectivity index (χ3n) is 8.20. The lowest BCUT2D eigenvalue weighted by molar-refractivity contribution is 0.0222. The Labute approximate surface area is 240 Å². The van der Waals surface area contributed by atoms with E-state index in [0.717, 1.165) is 63.8 Å². The van der Waals surface area contributed by atoms with E-state index >= 15 is 0 Å². The fraction of sp³-hybridized carbons (Fsp3) is 0.438. The van der Waals surface area contributed by atoms with Crippen molar-refractivity contribution in [3.63, 3.8) is 0 Å². The molecule has 1 saturated heterocycles. The Bertz CT molecular complexity index is 1660. The quantitative estimate of drug-likeness (QED) is 0.343. The molecule has 41 heavy (non-hydrogen) atoms. The lowest BCUT2D eigenvalue weighted by Gasteiger charge is -2.34. The highest BCUT2D eigenvalue weighted by molar-refractivity contribution is 5.93. The van der Waals surface area contributed by atoms with Gasteiger partial charge in [-0.25, -0.2) is 9.78 Å². The number of benzene rings is 1. The van der Waals surface area contributed by atoms with E-state index in [-0.39, 0.29) is 18.0 Å². The van der Waals surface area contributed by atoms with E-state index in [0.29, 0.717) is 25.3 Å². The number of amides is 2. The van der Waals surface area contributed by atoms with Gasteiger partial charge in [-0.1, -0.05) is 6.07 Å². The van der Waals surface area contributed by atoms with Gasteiger partial charge in [-0.15, -0.1) is 0 Å². The second-order valence-corrected chi connectivity index (χ2v) is 12.4. The summed E-state index contributed by atoms with van der Waals surface area (Å²) < 4.78 is 7.47. The molecule has 0 radical (unpaired) electrons. The number of pyridine rings is 1. The first-order chi connectivity index (χ1) is 19.5. The topological polar surface area (TPSA) is 96.4 Å². The highest BCUT2D eigenvalue weighted by Gasteiger charge is 2.36. The van der Waals surface area contributed by atoms with Crippen LogP contribution in [-0.2, 0) is 24.8 Å². The molecule has 0 bridgehead atoms. The molecule has 2 amide bonds. The Morgan fingerprint density at radius 3 is 2.61 bits per heavy atom. The molecule has 5 heterocycles. The van der Waals surface area contributed by atoms with E-state index < -0.39 is 5.60 Å². The Balaban J connectivity index is 1.43. The zero-order valence-corrected chi connectivity index (χ0v) is 24.7. The van der Waals surface area contributed by atoms with Gasteiger partial charge in [0.05, 0.1) is 11.7 Å². The molecule has 2 aliphatic heterocycles. The lowest BCUT2D eigenvalue weighted by Crippen LogP contribution is -2.39. The van der Waals surface area contributed by atoms with Gasteiger partial charge in [0, 0.05) is 50.0 Å². The maximum absolute atomic E-state index is 13.6. The van der Waals surface area contributed by atoms with Crippen LogP contribution in [0.5, 0.6) is 0 Å². The number of H-pyrrole nitrogens is 1. The van der Waals surface area contributed by atoms with Crippen LogP contribution in [0.1, 0.15) is 78.1 Å². The Morgan fingerprint density at radius 2 is 1.88 bits per heavy atom. The first-order valence-electron chi connectivity index (χ1n) is 14.4. The number of aromatic amines is 1. The minimum atomic E-state index is -0.578. The summed E-state index contributed by atoms with van der Waals surface area (Å²) in [5.41, 5.74) is 8.39. The van der Waals surface area contributed by atoms with E-state index in [1.807, 2.05) is 63.0 Å². The van der Waals surface area contributed by atoms with Crippen molar-refractivity contribution in [1.29, 1.82) is 0 Å². The van der Waals surface area contributed by atoms with Crippen LogP contribution in [0.2, 0.25) is 0 Å². The van der Waals surface area contributed by atoms with Gasteiger partial charge in [-0.2, -0.15) is 5.10 Å². The van der Waals surface area contributed by atoms with Crippen molar-refractivity contribution in [3.05, 3.63) is 70.3 Å². The summed E-state index contributed by atoms with van der Waals surface area (Å²) in [7, 11) is 1.81. The number of hydrogen-bond donors (Lipinski definition) is 1. The normalized spacial score (nSPS) is 17.3. The highest BCUT2D eigenvalue weighted by atomic mass is 16.6. The summed E-state index contributed by atoms with van der Waals surface area (Å²) in [4.78, 5) is 38.6. The maximum Gasteiger partial charge on any atom is 0.410 e. The molecule has 1 N–H and O–H groups in total. The van der Waals surface area contributed by atoms with Crippen LogP contribution < -0.4 is 0 Å². The van der Waals surface area contributed by atoms with Crippen LogP contribution in [0.15, 0.2) is 36.7 Å². The van der Waals surface area contributed by atoms with Gasteiger partial charge >= 0.3 is 6.09 Å². The van der Waals surface area contributed by atoms with E-state index in [9.17, 15) is 9.59 Å². The number of hydrogen-bond acceptors (Lipinski definition) is 5. The molecule has 4 aromatic rings. The summed E-state index contributed by atoms with van der Waals surface area (Å²) in [6.45, 7) is 11.4. The molecule has 6 rings (SSSR count). The van der Waals surface area contributed by atoms with Crippen molar-refractivity contribution in [2.45, 2.75) is 72.1 Å². The van der Waals surface area contributed by atoms with Crippen LogP contribution in [0.4, 0.5) is 4.79 Å². The highest BCUT2D eigenvalue weighted by Crippen LogP contribution is 2.40. The molecule has 1 aromatic carbocycles. The molecule has 1 unspecified atom stereocenters. The molecule has 0 spiro atoms. The summed E-state index contributed by atoms with van der Waals surface area (Å²) in [5, 5.41) is 5.48. The van der Waals surface area contributed by atoms with Gasteiger partial charge in [0.1, 0.15) is 16.9 Å². The maximum atomic E-state index is 13.6. The molecule has 9 nitrogen and oxygen atoms in total. The first-order valence-corrected chi connectivity index (χ1v) is 14.4. The largest absolute Gasteiger partial charge is 0.444 e. The third-order valence-corrected chi connectivity index (χ3v) is 8.20. The first kappa shape index (κ1) is 27.1. The predicted molar refractivity (Wildman–Crippen MR) is 158 cm³/mol. The number of aryl methyl sites for hydroxylation is 3. The predicted octanol–water partition coefficient (Wildman–Crippen LogP) is 5.85. The zero-order valence-electron chi connectivity index (χ0n) is 24.7. The summed E-state index contributed by atoms with van der Waals surface area (Å²) in [6, 6.07) is 8.35. The Hall–Kier alpha value is -4.14. The number of carbonyl (C=O) groups is 2. The van der Waals surface area contributed by atoms with Crippen LogP contribution in [0.25, 0.3) is 22.2 Å². The SMILES string of the molecule is Cc1cc(C(=O)N2CCc3cc(-c4cnc5[nH]cc(C)c5c4)cc(C4CCCN4C(=O)OC(C)(C)C)c3C2)n(C)n1. The monoisotopic (exact) mass is 554 g/mol. The minimum Gasteiger partial charge on any atom is -0.444 e. The molecule has 214 valence electrons. The molecule has 1 atom stereocenters.